The predicted octanol–water partition coefficient (Wildman–Crippen LogP) is 3.47. The highest BCUT2D eigenvalue weighted by atomic mass is 16.5. The van der Waals surface area contributed by atoms with Gasteiger partial charge in [0, 0.05) is 24.1 Å². The zero-order valence-electron chi connectivity index (χ0n) is 11.7. The molecule has 0 unspecified atom stereocenters. The van der Waals surface area contributed by atoms with Gasteiger partial charge in [-0.3, -0.25) is 0 Å². The SMILES string of the molecule is C=C(C)CCc1cn(C)c2ccc(C(=O)OC)cc12. The number of hydrogen-bond donors (Lipinski definition) is 0. The van der Waals surface area contributed by atoms with Crippen LogP contribution in [-0.4, -0.2) is 17.6 Å². The van der Waals surface area contributed by atoms with Crippen molar-refractivity contribution in [2.24, 2.45) is 7.05 Å². The number of esters is 1. The van der Waals surface area contributed by atoms with Crippen molar-refractivity contribution < 1.29 is 9.53 Å². The summed E-state index contributed by atoms with van der Waals surface area (Å²) < 4.78 is 6.86. The van der Waals surface area contributed by atoms with E-state index in [1.165, 1.54) is 18.2 Å². The van der Waals surface area contributed by atoms with E-state index < -0.39 is 0 Å². The molecule has 0 N–H and O–H groups in total. The first-order chi connectivity index (χ1) is 9.02. The summed E-state index contributed by atoms with van der Waals surface area (Å²) in [6.45, 7) is 5.97. The Morgan fingerprint density at radius 1 is 1.42 bits per heavy atom. The molecule has 0 bridgehead atoms. The van der Waals surface area contributed by atoms with Crippen LogP contribution in [0.2, 0.25) is 0 Å². The lowest BCUT2D eigenvalue weighted by atomic mass is 10.0. The van der Waals surface area contributed by atoms with Crippen molar-refractivity contribution >= 4 is 16.9 Å². The van der Waals surface area contributed by atoms with Crippen LogP contribution in [0, 0.1) is 0 Å². The number of aromatic nitrogens is 1. The van der Waals surface area contributed by atoms with Crippen LogP contribution < -0.4 is 0 Å². The van der Waals surface area contributed by atoms with Gasteiger partial charge in [0.15, 0.2) is 0 Å². The summed E-state index contributed by atoms with van der Waals surface area (Å²) in [4.78, 5) is 11.6. The van der Waals surface area contributed by atoms with Crippen molar-refractivity contribution in [1.29, 1.82) is 0 Å². The largest absolute Gasteiger partial charge is 0.465 e. The Labute approximate surface area is 113 Å². The first kappa shape index (κ1) is 13.4. The van der Waals surface area contributed by atoms with Crippen molar-refractivity contribution in [1.82, 2.24) is 4.57 Å². The van der Waals surface area contributed by atoms with Crippen LogP contribution in [0.4, 0.5) is 0 Å². The summed E-state index contributed by atoms with van der Waals surface area (Å²) in [5.41, 5.74) is 4.13. The van der Waals surface area contributed by atoms with Gasteiger partial charge in [0.2, 0.25) is 0 Å². The quantitative estimate of drug-likeness (QED) is 0.620. The maximum absolute atomic E-state index is 11.6. The molecule has 0 spiro atoms. The van der Waals surface area contributed by atoms with Gasteiger partial charge in [-0.2, -0.15) is 0 Å². The van der Waals surface area contributed by atoms with Gasteiger partial charge in [0.05, 0.1) is 12.7 Å². The van der Waals surface area contributed by atoms with Gasteiger partial charge in [-0.05, 0) is 43.5 Å². The molecule has 0 saturated carbocycles. The highest BCUT2D eigenvalue weighted by Gasteiger charge is 2.11. The second kappa shape index (κ2) is 5.31. The molecule has 1 aromatic heterocycles. The number of hydrogen-bond acceptors (Lipinski definition) is 2. The van der Waals surface area contributed by atoms with Crippen LogP contribution in [0.3, 0.4) is 0 Å². The average molecular weight is 257 g/mol. The van der Waals surface area contributed by atoms with E-state index in [1.54, 1.807) is 6.07 Å². The molecular formula is C16H19NO2. The number of fused-ring (bicyclic) bond motifs is 1. The minimum Gasteiger partial charge on any atom is -0.465 e. The summed E-state index contributed by atoms with van der Waals surface area (Å²) in [6, 6.07) is 5.68. The molecule has 3 nitrogen and oxygen atoms in total. The zero-order valence-corrected chi connectivity index (χ0v) is 11.7. The van der Waals surface area contributed by atoms with Crippen molar-refractivity contribution in [3.8, 4) is 0 Å². The molecule has 0 amide bonds. The molecule has 0 aliphatic heterocycles. The third kappa shape index (κ3) is 2.70. The molecule has 0 radical (unpaired) electrons. The van der Waals surface area contributed by atoms with Crippen LogP contribution in [0.25, 0.3) is 10.9 Å². The number of methoxy groups -OCH3 is 1. The number of ether oxygens (including phenoxy) is 1. The molecule has 0 saturated heterocycles. The Hall–Kier alpha value is -2.03. The third-order valence-corrected chi connectivity index (χ3v) is 3.31. The maximum Gasteiger partial charge on any atom is 0.337 e. The van der Waals surface area contributed by atoms with Gasteiger partial charge in [0.25, 0.3) is 0 Å². The normalized spacial score (nSPS) is 10.7. The van der Waals surface area contributed by atoms with Crippen LogP contribution >= 0.6 is 0 Å². The smallest absolute Gasteiger partial charge is 0.337 e. The Morgan fingerprint density at radius 2 is 2.16 bits per heavy atom. The van der Waals surface area contributed by atoms with Gasteiger partial charge in [-0.25, -0.2) is 4.79 Å². The maximum atomic E-state index is 11.6. The molecule has 0 fully saturated rings. The fourth-order valence-electron chi connectivity index (χ4n) is 2.27. The summed E-state index contributed by atoms with van der Waals surface area (Å²) >= 11 is 0. The number of aryl methyl sites for hydroxylation is 2. The Balaban J connectivity index is 2.46. The lowest BCUT2D eigenvalue weighted by Gasteiger charge is -2.02. The standard InChI is InChI=1S/C16H19NO2/c1-11(2)5-6-13-10-17(3)15-8-7-12(9-14(13)15)16(18)19-4/h7-10H,1,5-6H2,2-4H3. The molecule has 100 valence electrons. The van der Waals surface area contributed by atoms with Crippen molar-refractivity contribution in [2.45, 2.75) is 19.8 Å². The molecule has 0 atom stereocenters. The van der Waals surface area contributed by atoms with Crippen molar-refractivity contribution in [2.75, 3.05) is 7.11 Å². The zero-order chi connectivity index (χ0) is 14.0. The first-order valence-electron chi connectivity index (χ1n) is 6.33. The summed E-state index contributed by atoms with van der Waals surface area (Å²) in [5, 5.41) is 1.12. The topological polar surface area (TPSA) is 31.2 Å². The van der Waals surface area contributed by atoms with Gasteiger partial charge in [-0.1, -0.05) is 5.57 Å². The van der Waals surface area contributed by atoms with Crippen LogP contribution in [0.1, 0.15) is 29.3 Å². The van der Waals surface area contributed by atoms with E-state index in [-0.39, 0.29) is 5.97 Å². The number of benzene rings is 1. The second-order valence-electron chi connectivity index (χ2n) is 4.95. The highest BCUT2D eigenvalue weighted by Crippen LogP contribution is 2.24. The lowest BCUT2D eigenvalue weighted by Crippen LogP contribution is -2.00. The average Bonchev–Trinajstić information content (AvgIpc) is 2.71. The Morgan fingerprint density at radius 3 is 2.79 bits per heavy atom. The number of rotatable bonds is 4. The first-order valence-corrected chi connectivity index (χ1v) is 6.33. The molecule has 19 heavy (non-hydrogen) atoms. The number of allylic oxidation sites excluding steroid dienone is 1. The van der Waals surface area contributed by atoms with E-state index in [1.807, 2.05) is 26.1 Å². The van der Waals surface area contributed by atoms with Crippen LogP contribution in [-0.2, 0) is 18.2 Å². The molecule has 0 aliphatic carbocycles. The number of carbonyl (C=O) groups excluding carboxylic acids is 1. The predicted molar refractivity (Wildman–Crippen MR) is 77.4 cm³/mol. The van der Waals surface area contributed by atoms with E-state index in [0.717, 1.165) is 23.7 Å². The van der Waals surface area contributed by atoms with Gasteiger partial charge < -0.3 is 9.30 Å². The Kier molecular flexibility index (Phi) is 3.74. The second-order valence-corrected chi connectivity index (χ2v) is 4.95. The molecule has 1 aromatic carbocycles. The van der Waals surface area contributed by atoms with Gasteiger partial charge >= 0.3 is 5.97 Å². The van der Waals surface area contributed by atoms with Gasteiger partial charge in [0.1, 0.15) is 0 Å². The van der Waals surface area contributed by atoms with Crippen LogP contribution in [0.15, 0.2) is 36.5 Å². The summed E-state index contributed by atoms with van der Waals surface area (Å²) in [7, 11) is 3.42. The Bertz CT molecular complexity index is 637. The summed E-state index contributed by atoms with van der Waals surface area (Å²) in [5.74, 6) is -0.295. The third-order valence-electron chi connectivity index (χ3n) is 3.31. The number of nitrogens with zero attached hydrogens (tertiary/aromatic N) is 1. The molecule has 1 heterocycles. The fraction of sp³-hybridized carbons (Fsp3) is 0.312. The lowest BCUT2D eigenvalue weighted by molar-refractivity contribution is 0.0601. The highest BCUT2D eigenvalue weighted by molar-refractivity contribution is 5.95. The van der Waals surface area contributed by atoms with E-state index in [4.69, 9.17) is 4.74 Å². The van der Waals surface area contributed by atoms with E-state index in [2.05, 4.69) is 17.3 Å². The van der Waals surface area contributed by atoms with E-state index >= 15 is 0 Å². The summed E-state index contributed by atoms with van der Waals surface area (Å²) in [6.07, 6.45) is 4.02. The van der Waals surface area contributed by atoms with E-state index in [0.29, 0.717) is 5.56 Å². The molecular weight excluding hydrogens is 238 g/mol. The molecule has 3 heteroatoms. The van der Waals surface area contributed by atoms with E-state index in [9.17, 15) is 4.79 Å². The minimum atomic E-state index is -0.295. The molecule has 0 aliphatic rings. The monoisotopic (exact) mass is 257 g/mol. The fourth-order valence-corrected chi connectivity index (χ4v) is 2.27. The van der Waals surface area contributed by atoms with Crippen molar-refractivity contribution in [3.05, 3.63) is 47.7 Å². The molecule has 2 rings (SSSR count). The minimum absolute atomic E-state index is 0.295. The van der Waals surface area contributed by atoms with Crippen LogP contribution in [0.5, 0.6) is 0 Å². The van der Waals surface area contributed by atoms with Crippen molar-refractivity contribution in [3.63, 3.8) is 0 Å². The van der Waals surface area contributed by atoms with Gasteiger partial charge in [-0.15, -0.1) is 6.58 Å². The molecule has 2 aromatic rings. The number of carbonyl (C=O) groups is 1.